The minimum Gasteiger partial charge on any atom is -0.356 e. The van der Waals surface area contributed by atoms with Crippen molar-refractivity contribution in [2.45, 2.75) is 33.1 Å². The second-order valence-corrected chi connectivity index (χ2v) is 6.90. The lowest BCUT2D eigenvalue weighted by Gasteiger charge is -2.11. The SMILES string of the molecule is CN=C(NCCCCSC)NCCc1nc(C)c(C)s1. The molecule has 1 aromatic rings. The molecule has 1 aromatic heterocycles. The van der Waals surface area contributed by atoms with Crippen molar-refractivity contribution >= 4 is 29.1 Å². The van der Waals surface area contributed by atoms with Gasteiger partial charge in [0.05, 0.1) is 10.7 Å². The molecule has 0 aliphatic rings. The van der Waals surface area contributed by atoms with E-state index in [0.717, 1.165) is 31.2 Å². The predicted octanol–water partition coefficient (Wildman–Crippen LogP) is 2.61. The van der Waals surface area contributed by atoms with Crippen LogP contribution in [0, 0.1) is 13.8 Å². The number of unbranched alkanes of at least 4 members (excludes halogenated alkanes) is 1. The molecule has 6 heteroatoms. The Balaban J connectivity index is 2.18. The summed E-state index contributed by atoms with van der Waals surface area (Å²) in [6.07, 6.45) is 5.54. The molecule has 4 nitrogen and oxygen atoms in total. The normalized spacial score (nSPS) is 11.7. The first kappa shape index (κ1) is 17.3. The number of nitrogens with one attached hydrogen (secondary N) is 2. The Labute approximate surface area is 130 Å². The number of hydrogen-bond acceptors (Lipinski definition) is 4. The maximum Gasteiger partial charge on any atom is 0.190 e. The van der Waals surface area contributed by atoms with E-state index in [2.05, 4.69) is 40.7 Å². The predicted molar refractivity (Wildman–Crippen MR) is 92.3 cm³/mol. The summed E-state index contributed by atoms with van der Waals surface area (Å²) in [5.41, 5.74) is 1.15. The van der Waals surface area contributed by atoms with Gasteiger partial charge in [-0.15, -0.1) is 11.3 Å². The monoisotopic (exact) mass is 314 g/mol. The molecule has 0 unspecified atom stereocenters. The smallest absolute Gasteiger partial charge is 0.190 e. The second-order valence-electron chi connectivity index (χ2n) is 4.62. The van der Waals surface area contributed by atoms with Crippen molar-refractivity contribution in [2.24, 2.45) is 4.99 Å². The van der Waals surface area contributed by atoms with Crippen molar-refractivity contribution in [1.82, 2.24) is 15.6 Å². The van der Waals surface area contributed by atoms with Gasteiger partial charge < -0.3 is 10.6 Å². The van der Waals surface area contributed by atoms with Crippen LogP contribution in [0.2, 0.25) is 0 Å². The summed E-state index contributed by atoms with van der Waals surface area (Å²) in [4.78, 5) is 10.1. The lowest BCUT2D eigenvalue weighted by molar-refractivity contribution is 0.730. The van der Waals surface area contributed by atoms with Gasteiger partial charge in [-0.3, -0.25) is 4.99 Å². The summed E-state index contributed by atoms with van der Waals surface area (Å²) in [6.45, 7) is 6.05. The third kappa shape index (κ3) is 6.61. The summed E-state index contributed by atoms with van der Waals surface area (Å²) in [6, 6.07) is 0. The van der Waals surface area contributed by atoms with Crippen LogP contribution >= 0.6 is 23.1 Å². The Morgan fingerprint density at radius 2 is 2.00 bits per heavy atom. The molecule has 0 aliphatic heterocycles. The van der Waals surface area contributed by atoms with Gasteiger partial charge >= 0.3 is 0 Å². The Bertz CT molecular complexity index is 396. The van der Waals surface area contributed by atoms with Crippen LogP contribution in [0.5, 0.6) is 0 Å². The zero-order valence-corrected chi connectivity index (χ0v) is 14.6. The van der Waals surface area contributed by atoms with Gasteiger partial charge in [0.25, 0.3) is 0 Å². The van der Waals surface area contributed by atoms with E-state index < -0.39 is 0 Å². The molecular weight excluding hydrogens is 288 g/mol. The molecule has 0 amide bonds. The molecule has 1 heterocycles. The van der Waals surface area contributed by atoms with Gasteiger partial charge in [-0.1, -0.05) is 0 Å². The molecular formula is C14H26N4S2. The summed E-state index contributed by atoms with van der Waals surface area (Å²) < 4.78 is 0. The number of guanidine groups is 1. The molecule has 0 spiro atoms. The average Bonchev–Trinajstić information content (AvgIpc) is 2.75. The highest BCUT2D eigenvalue weighted by Gasteiger charge is 2.03. The molecule has 0 radical (unpaired) electrons. The summed E-state index contributed by atoms with van der Waals surface area (Å²) in [5.74, 6) is 2.12. The van der Waals surface area contributed by atoms with Gasteiger partial charge in [0, 0.05) is 31.4 Å². The largest absolute Gasteiger partial charge is 0.356 e. The molecule has 2 N–H and O–H groups in total. The fourth-order valence-corrected chi connectivity index (χ4v) is 3.16. The van der Waals surface area contributed by atoms with Crippen LogP contribution in [0.25, 0.3) is 0 Å². The van der Waals surface area contributed by atoms with Crippen LogP contribution < -0.4 is 10.6 Å². The maximum atomic E-state index is 4.54. The molecule has 0 atom stereocenters. The van der Waals surface area contributed by atoms with E-state index in [0.29, 0.717) is 0 Å². The molecule has 0 aromatic carbocycles. The standard InChI is InChI=1S/C14H26N4S2/c1-11-12(2)20-13(18-11)7-9-17-14(15-3)16-8-5-6-10-19-4/h5-10H2,1-4H3,(H2,15,16,17). The summed E-state index contributed by atoms with van der Waals surface area (Å²) >= 11 is 3.69. The highest BCUT2D eigenvalue weighted by atomic mass is 32.2. The van der Waals surface area contributed by atoms with E-state index in [9.17, 15) is 0 Å². The highest BCUT2D eigenvalue weighted by molar-refractivity contribution is 7.98. The Morgan fingerprint density at radius 3 is 2.60 bits per heavy atom. The van der Waals surface area contributed by atoms with E-state index in [1.807, 2.05) is 18.8 Å². The summed E-state index contributed by atoms with van der Waals surface area (Å²) in [7, 11) is 1.81. The number of aromatic nitrogens is 1. The van der Waals surface area contributed by atoms with Crippen LogP contribution in [-0.2, 0) is 6.42 Å². The summed E-state index contributed by atoms with van der Waals surface area (Å²) in [5, 5.41) is 7.88. The van der Waals surface area contributed by atoms with Crippen LogP contribution in [0.4, 0.5) is 0 Å². The second kappa shape index (κ2) is 10.0. The number of nitrogens with zero attached hydrogens (tertiary/aromatic N) is 2. The van der Waals surface area contributed by atoms with Crippen LogP contribution in [0.3, 0.4) is 0 Å². The molecule has 1 rings (SSSR count). The van der Waals surface area contributed by atoms with Gasteiger partial charge in [0.1, 0.15) is 0 Å². The first-order chi connectivity index (χ1) is 9.67. The van der Waals surface area contributed by atoms with Crippen LogP contribution in [0.15, 0.2) is 4.99 Å². The van der Waals surface area contributed by atoms with Crippen LogP contribution in [0.1, 0.15) is 28.4 Å². The zero-order valence-electron chi connectivity index (χ0n) is 13.0. The number of aliphatic imine (C=N–C) groups is 1. The van der Waals surface area contributed by atoms with Gasteiger partial charge in [-0.25, -0.2) is 4.98 Å². The lowest BCUT2D eigenvalue weighted by Crippen LogP contribution is -2.38. The molecule has 0 fully saturated rings. The average molecular weight is 315 g/mol. The Morgan fingerprint density at radius 1 is 1.25 bits per heavy atom. The highest BCUT2D eigenvalue weighted by Crippen LogP contribution is 2.16. The number of hydrogen-bond donors (Lipinski definition) is 2. The lowest BCUT2D eigenvalue weighted by atomic mass is 10.3. The van der Waals surface area contributed by atoms with E-state index in [1.54, 1.807) is 11.3 Å². The molecule has 0 saturated heterocycles. The number of thiazole rings is 1. The zero-order chi connectivity index (χ0) is 14.8. The molecule has 0 bridgehead atoms. The fraction of sp³-hybridized carbons (Fsp3) is 0.714. The van der Waals surface area contributed by atoms with E-state index >= 15 is 0 Å². The van der Waals surface area contributed by atoms with Gasteiger partial charge in [0.2, 0.25) is 0 Å². The first-order valence-corrected chi connectivity index (χ1v) is 9.24. The minimum atomic E-state index is 0.872. The topological polar surface area (TPSA) is 49.3 Å². The number of thioether (sulfide) groups is 1. The number of rotatable bonds is 8. The van der Waals surface area contributed by atoms with Crippen molar-refractivity contribution in [3.05, 3.63) is 15.6 Å². The van der Waals surface area contributed by atoms with E-state index in [1.165, 1.54) is 28.5 Å². The quantitative estimate of drug-likeness (QED) is 0.440. The van der Waals surface area contributed by atoms with Crippen LogP contribution in [-0.4, -0.2) is 43.1 Å². The van der Waals surface area contributed by atoms with Crippen molar-refractivity contribution in [1.29, 1.82) is 0 Å². The molecule has 0 saturated carbocycles. The van der Waals surface area contributed by atoms with Crippen molar-refractivity contribution in [3.63, 3.8) is 0 Å². The minimum absolute atomic E-state index is 0.872. The maximum absolute atomic E-state index is 4.54. The van der Waals surface area contributed by atoms with Crippen molar-refractivity contribution in [2.75, 3.05) is 32.1 Å². The van der Waals surface area contributed by atoms with E-state index in [-0.39, 0.29) is 0 Å². The first-order valence-electron chi connectivity index (χ1n) is 7.03. The third-order valence-corrected chi connectivity index (χ3v) is 4.82. The Hall–Kier alpha value is -0.750. The third-order valence-electron chi connectivity index (χ3n) is 3.00. The van der Waals surface area contributed by atoms with Gasteiger partial charge in [0.15, 0.2) is 5.96 Å². The van der Waals surface area contributed by atoms with Crippen molar-refractivity contribution < 1.29 is 0 Å². The van der Waals surface area contributed by atoms with E-state index in [4.69, 9.17) is 0 Å². The Kier molecular flexibility index (Phi) is 8.69. The molecule has 0 aliphatic carbocycles. The van der Waals surface area contributed by atoms with Gasteiger partial charge in [-0.2, -0.15) is 11.8 Å². The van der Waals surface area contributed by atoms with Gasteiger partial charge in [-0.05, 0) is 38.7 Å². The fourth-order valence-electron chi connectivity index (χ4n) is 1.73. The molecule has 20 heavy (non-hydrogen) atoms. The molecule has 114 valence electrons. The van der Waals surface area contributed by atoms with Crippen molar-refractivity contribution in [3.8, 4) is 0 Å². The number of aryl methyl sites for hydroxylation is 2.